The summed E-state index contributed by atoms with van der Waals surface area (Å²) in [6, 6.07) is 8.36. The number of hydrogen-bond acceptors (Lipinski definition) is 5. The summed E-state index contributed by atoms with van der Waals surface area (Å²) in [4.78, 5) is 43.8. The zero-order chi connectivity index (χ0) is 26.4. The summed E-state index contributed by atoms with van der Waals surface area (Å²) in [6.07, 6.45) is 7.44. The predicted octanol–water partition coefficient (Wildman–Crippen LogP) is 3.96. The number of hydrogen-bond donors (Lipinski definition) is 3. The van der Waals surface area contributed by atoms with Crippen LogP contribution in [0.1, 0.15) is 72.1 Å². The van der Waals surface area contributed by atoms with Gasteiger partial charge in [0.05, 0.1) is 29.2 Å². The first-order valence-electron chi connectivity index (χ1n) is 14.0. The van der Waals surface area contributed by atoms with Gasteiger partial charge in [0, 0.05) is 16.5 Å². The molecule has 3 saturated heterocycles. The Balaban J connectivity index is 1.51. The van der Waals surface area contributed by atoms with Crippen molar-refractivity contribution in [3.05, 3.63) is 30.3 Å². The van der Waals surface area contributed by atoms with Gasteiger partial charge in [-0.05, 0) is 57.1 Å². The fourth-order valence-electron chi connectivity index (χ4n) is 7.55. The SMILES string of the molecule is CC(C)C[C@H](CO)N1C(=O)[C@@H]2[C@@H](C(=O)Nc3ccccc3)[C@@]3(C)CCC2(S3)C1C(=O)NC1CCCCC1. The largest absolute Gasteiger partial charge is 0.394 e. The second kappa shape index (κ2) is 10.3. The van der Waals surface area contributed by atoms with Crippen molar-refractivity contribution in [2.24, 2.45) is 17.8 Å². The smallest absolute Gasteiger partial charge is 0.244 e. The number of benzene rings is 1. The molecular formula is C29H41N3O4S. The molecule has 1 aliphatic carbocycles. The fourth-order valence-corrected chi connectivity index (χ4v) is 9.89. The summed E-state index contributed by atoms with van der Waals surface area (Å²) in [5.74, 6) is -1.27. The van der Waals surface area contributed by atoms with Crippen molar-refractivity contribution in [1.82, 2.24) is 10.2 Å². The molecule has 8 heteroatoms. The number of aliphatic hydroxyl groups excluding tert-OH is 1. The zero-order valence-corrected chi connectivity index (χ0v) is 23.1. The molecule has 3 amide bonds. The molecule has 2 unspecified atom stereocenters. The summed E-state index contributed by atoms with van der Waals surface area (Å²) in [5.41, 5.74) is 0.708. The lowest BCUT2D eigenvalue weighted by molar-refractivity contribution is -0.143. The number of nitrogens with one attached hydrogen (secondary N) is 2. The molecule has 1 aromatic rings. The van der Waals surface area contributed by atoms with Crippen molar-refractivity contribution in [1.29, 1.82) is 0 Å². The maximum absolute atomic E-state index is 14.3. The predicted molar refractivity (Wildman–Crippen MR) is 146 cm³/mol. The van der Waals surface area contributed by atoms with Crippen LogP contribution in [-0.4, -0.2) is 62.0 Å². The molecular weight excluding hydrogens is 486 g/mol. The van der Waals surface area contributed by atoms with Gasteiger partial charge in [0.1, 0.15) is 6.04 Å². The van der Waals surface area contributed by atoms with E-state index in [0.717, 1.165) is 38.5 Å². The number of carbonyl (C=O) groups is 3. The van der Waals surface area contributed by atoms with E-state index in [4.69, 9.17) is 0 Å². The maximum Gasteiger partial charge on any atom is 0.244 e. The summed E-state index contributed by atoms with van der Waals surface area (Å²) >= 11 is 1.69. The lowest BCUT2D eigenvalue weighted by Gasteiger charge is -2.38. The number of aliphatic hydroxyl groups is 1. The normalized spacial score (nSPS) is 34.0. The van der Waals surface area contributed by atoms with Crippen LogP contribution in [0.15, 0.2) is 30.3 Å². The zero-order valence-electron chi connectivity index (χ0n) is 22.2. The average Bonchev–Trinajstić information content (AvgIpc) is 3.44. The molecule has 4 fully saturated rings. The first-order chi connectivity index (χ1) is 17.7. The van der Waals surface area contributed by atoms with E-state index in [-0.39, 0.29) is 36.3 Å². The number of thioether (sulfide) groups is 1. The molecule has 5 rings (SSSR count). The van der Waals surface area contributed by atoms with Gasteiger partial charge in [0.2, 0.25) is 17.7 Å². The number of likely N-dealkylation sites (tertiary alicyclic amines) is 1. The molecule has 37 heavy (non-hydrogen) atoms. The number of carbonyl (C=O) groups excluding carboxylic acids is 3. The summed E-state index contributed by atoms with van der Waals surface area (Å²) in [6.45, 7) is 6.03. The minimum atomic E-state index is -0.677. The van der Waals surface area contributed by atoms with E-state index >= 15 is 0 Å². The van der Waals surface area contributed by atoms with Crippen LogP contribution in [0.2, 0.25) is 0 Å². The number of fused-ring (bicyclic) bond motifs is 1. The van der Waals surface area contributed by atoms with Crippen molar-refractivity contribution in [3.63, 3.8) is 0 Å². The molecule has 4 aliphatic rings. The fraction of sp³-hybridized carbons (Fsp3) is 0.690. The van der Waals surface area contributed by atoms with Crippen molar-refractivity contribution >= 4 is 35.2 Å². The topological polar surface area (TPSA) is 98.7 Å². The Hall–Kier alpha value is -2.06. The van der Waals surface area contributed by atoms with Crippen molar-refractivity contribution in [2.45, 2.75) is 99.8 Å². The van der Waals surface area contributed by atoms with E-state index in [0.29, 0.717) is 12.1 Å². The quantitative estimate of drug-likeness (QED) is 0.475. The molecule has 3 heterocycles. The highest BCUT2D eigenvalue weighted by Crippen LogP contribution is 2.71. The van der Waals surface area contributed by atoms with E-state index in [1.165, 1.54) is 6.42 Å². The van der Waals surface area contributed by atoms with Gasteiger partial charge in [0.15, 0.2) is 0 Å². The molecule has 6 atom stereocenters. The first-order valence-corrected chi connectivity index (χ1v) is 14.8. The van der Waals surface area contributed by atoms with E-state index in [1.54, 1.807) is 16.7 Å². The highest BCUT2D eigenvalue weighted by Gasteiger charge is 2.77. The molecule has 0 radical (unpaired) electrons. The Morgan fingerprint density at radius 3 is 2.46 bits per heavy atom. The summed E-state index contributed by atoms with van der Waals surface area (Å²) in [7, 11) is 0. The summed E-state index contributed by atoms with van der Waals surface area (Å²) in [5, 5.41) is 16.8. The Morgan fingerprint density at radius 1 is 1.11 bits per heavy atom. The van der Waals surface area contributed by atoms with Gasteiger partial charge in [-0.15, -0.1) is 11.8 Å². The third-order valence-electron chi connectivity index (χ3n) is 9.09. The van der Waals surface area contributed by atoms with Gasteiger partial charge in [-0.1, -0.05) is 51.3 Å². The van der Waals surface area contributed by atoms with Gasteiger partial charge in [-0.3, -0.25) is 14.4 Å². The molecule has 2 bridgehead atoms. The van der Waals surface area contributed by atoms with Crippen LogP contribution < -0.4 is 10.6 Å². The standard InChI is InChI=1S/C29H41N3O4S/c1-18(2)16-21(17-33)32-24(26(35)31-20-12-8-5-9-13-20)29-15-14-28(3,37-29)22(23(29)27(32)36)25(34)30-19-10-6-4-7-11-19/h4,6-7,10-11,18,20-24,33H,5,8-9,12-17H2,1-3H3,(H,30,34)(H,31,35)/t21-,22+,23+,24?,28-,29?/m1/s1. The van der Waals surface area contributed by atoms with E-state index in [2.05, 4.69) is 31.4 Å². The molecule has 1 aromatic carbocycles. The average molecular weight is 528 g/mol. The van der Waals surface area contributed by atoms with Crippen molar-refractivity contribution in [2.75, 3.05) is 11.9 Å². The second-order valence-corrected chi connectivity index (χ2v) is 14.0. The lowest BCUT2D eigenvalue weighted by atomic mass is 9.66. The summed E-state index contributed by atoms with van der Waals surface area (Å²) < 4.78 is -1.07. The van der Waals surface area contributed by atoms with Crippen molar-refractivity contribution in [3.8, 4) is 0 Å². The monoisotopic (exact) mass is 527 g/mol. The third kappa shape index (κ3) is 4.58. The van der Waals surface area contributed by atoms with E-state index in [9.17, 15) is 19.5 Å². The number of nitrogens with zero attached hydrogens (tertiary/aromatic N) is 1. The van der Waals surface area contributed by atoms with Crippen LogP contribution in [-0.2, 0) is 14.4 Å². The van der Waals surface area contributed by atoms with Gasteiger partial charge in [0.25, 0.3) is 0 Å². The number of anilines is 1. The van der Waals surface area contributed by atoms with Crippen LogP contribution in [0.3, 0.4) is 0 Å². The Morgan fingerprint density at radius 2 is 1.81 bits per heavy atom. The Bertz CT molecular complexity index is 1030. The van der Waals surface area contributed by atoms with Crippen LogP contribution in [0.25, 0.3) is 0 Å². The van der Waals surface area contributed by atoms with Gasteiger partial charge >= 0.3 is 0 Å². The molecule has 3 aliphatic heterocycles. The number of para-hydroxylation sites is 1. The molecule has 7 nitrogen and oxygen atoms in total. The van der Waals surface area contributed by atoms with Gasteiger partial charge in [-0.2, -0.15) is 0 Å². The van der Waals surface area contributed by atoms with Crippen LogP contribution in [0, 0.1) is 17.8 Å². The molecule has 3 N–H and O–H groups in total. The van der Waals surface area contributed by atoms with E-state index in [1.807, 2.05) is 30.3 Å². The highest BCUT2D eigenvalue weighted by atomic mass is 32.2. The molecule has 202 valence electrons. The van der Waals surface area contributed by atoms with Gasteiger partial charge < -0.3 is 20.6 Å². The second-order valence-electron chi connectivity index (χ2n) is 12.1. The minimum Gasteiger partial charge on any atom is -0.394 e. The molecule has 1 spiro atoms. The third-order valence-corrected chi connectivity index (χ3v) is 11.1. The molecule has 0 aromatic heterocycles. The lowest BCUT2D eigenvalue weighted by Crippen LogP contribution is -2.58. The Labute approximate surface area is 224 Å². The number of rotatable bonds is 8. The highest BCUT2D eigenvalue weighted by molar-refractivity contribution is 8.02. The number of amides is 3. The van der Waals surface area contributed by atoms with Crippen molar-refractivity contribution < 1.29 is 19.5 Å². The maximum atomic E-state index is 14.3. The van der Waals surface area contributed by atoms with Crippen LogP contribution >= 0.6 is 11.8 Å². The first kappa shape index (κ1) is 26.5. The van der Waals surface area contributed by atoms with E-state index < -0.39 is 33.4 Å². The molecule has 1 saturated carbocycles. The Kier molecular flexibility index (Phi) is 7.35. The minimum absolute atomic E-state index is 0.106. The van der Waals surface area contributed by atoms with Crippen LogP contribution in [0.5, 0.6) is 0 Å². The van der Waals surface area contributed by atoms with Crippen LogP contribution in [0.4, 0.5) is 5.69 Å². The van der Waals surface area contributed by atoms with Gasteiger partial charge in [-0.25, -0.2) is 0 Å².